The first-order chi connectivity index (χ1) is 8.56. The maximum Gasteiger partial charge on any atom is 0.260 e. The van der Waals surface area contributed by atoms with Gasteiger partial charge in [-0.15, -0.1) is 11.3 Å². The maximum absolute atomic E-state index is 11.9. The van der Waals surface area contributed by atoms with Gasteiger partial charge in [-0.3, -0.25) is 14.6 Å². The molecule has 18 heavy (non-hydrogen) atoms. The average molecular weight is 281 g/mol. The number of H-pyrrole nitrogens is 2. The van der Waals surface area contributed by atoms with E-state index < -0.39 is 0 Å². The van der Waals surface area contributed by atoms with E-state index in [2.05, 4.69) is 9.97 Å². The van der Waals surface area contributed by atoms with Crippen LogP contribution in [0.3, 0.4) is 0 Å². The molecular weight excluding hydrogens is 270 g/mol. The number of thiophene rings is 1. The number of rotatable bonds is 0. The van der Waals surface area contributed by atoms with E-state index in [0.29, 0.717) is 23.2 Å². The minimum atomic E-state index is -0.137. The Morgan fingerprint density at radius 3 is 2.94 bits per heavy atom. The number of hydrogen-bond acceptors (Lipinski definition) is 4. The molecule has 0 saturated carbocycles. The van der Waals surface area contributed by atoms with Gasteiger partial charge in [0.05, 0.1) is 11.9 Å². The van der Waals surface area contributed by atoms with Crippen LogP contribution in [0, 0.1) is 4.77 Å². The van der Waals surface area contributed by atoms with Crippen molar-refractivity contribution in [3.05, 3.63) is 25.6 Å². The van der Waals surface area contributed by atoms with Crippen molar-refractivity contribution in [2.45, 2.75) is 19.9 Å². The van der Waals surface area contributed by atoms with E-state index in [4.69, 9.17) is 12.2 Å². The quantitative estimate of drug-likeness (QED) is 0.720. The average Bonchev–Trinajstić information content (AvgIpc) is 2.65. The predicted octanol–water partition coefficient (Wildman–Crippen LogP) is 1.55. The SMILES string of the molecule is CC(=O)N1CCc2c(sc3[nH]c(=S)[nH]c(=O)c23)C1. The summed E-state index contributed by atoms with van der Waals surface area (Å²) in [6.45, 7) is 2.83. The van der Waals surface area contributed by atoms with Gasteiger partial charge in [-0.05, 0) is 24.2 Å². The lowest BCUT2D eigenvalue weighted by atomic mass is 10.1. The van der Waals surface area contributed by atoms with Crippen molar-refractivity contribution in [3.8, 4) is 0 Å². The third-order valence-corrected chi connectivity index (χ3v) is 4.52. The Bertz CT molecular complexity index is 756. The van der Waals surface area contributed by atoms with Gasteiger partial charge in [-0.1, -0.05) is 0 Å². The largest absolute Gasteiger partial charge is 0.337 e. The fourth-order valence-electron chi connectivity index (χ4n) is 2.30. The molecule has 0 aliphatic carbocycles. The van der Waals surface area contributed by atoms with E-state index in [9.17, 15) is 9.59 Å². The number of hydrogen-bond donors (Lipinski definition) is 2. The van der Waals surface area contributed by atoms with Crippen molar-refractivity contribution >= 4 is 39.7 Å². The van der Waals surface area contributed by atoms with Gasteiger partial charge >= 0.3 is 0 Å². The summed E-state index contributed by atoms with van der Waals surface area (Å²) in [7, 11) is 0. The van der Waals surface area contributed by atoms with Gasteiger partial charge < -0.3 is 9.88 Å². The standard InChI is InChI=1S/C11H11N3O2S2/c1-5(15)14-3-2-6-7(4-14)18-10-8(6)9(16)12-11(17)13-10/h2-4H2,1H3,(H2,12,13,16,17). The highest BCUT2D eigenvalue weighted by Gasteiger charge is 2.23. The molecule has 3 heterocycles. The summed E-state index contributed by atoms with van der Waals surface area (Å²) in [5.41, 5.74) is 0.919. The van der Waals surface area contributed by atoms with E-state index in [1.54, 1.807) is 11.8 Å². The molecule has 1 aliphatic rings. The van der Waals surface area contributed by atoms with Crippen molar-refractivity contribution in [3.63, 3.8) is 0 Å². The number of amides is 1. The summed E-state index contributed by atoms with van der Waals surface area (Å²) in [6, 6.07) is 0. The number of aromatic nitrogens is 2. The van der Waals surface area contributed by atoms with Crippen LogP contribution in [0.2, 0.25) is 0 Å². The highest BCUT2D eigenvalue weighted by molar-refractivity contribution is 7.71. The van der Waals surface area contributed by atoms with E-state index in [0.717, 1.165) is 21.7 Å². The topological polar surface area (TPSA) is 69.0 Å². The van der Waals surface area contributed by atoms with E-state index in [1.807, 2.05) is 0 Å². The van der Waals surface area contributed by atoms with Crippen LogP contribution < -0.4 is 5.56 Å². The Morgan fingerprint density at radius 1 is 1.44 bits per heavy atom. The lowest BCUT2D eigenvalue weighted by Crippen LogP contribution is -2.33. The van der Waals surface area contributed by atoms with Crippen molar-refractivity contribution < 1.29 is 4.79 Å². The van der Waals surface area contributed by atoms with Crippen LogP contribution in [0.1, 0.15) is 17.4 Å². The zero-order chi connectivity index (χ0) is 12.9. The number of fused-ring (bicyclic) bond motifs is 3. The highest BCUT2D eigenvalue weighted by Crippen LogP contribution is 2.31. The van der Waals surface area contributed by atoms with Crippen LogP contribution in [0.5, 0.6) is 0 Å². The number of nitrogens with zero attached hydrogens (tertiary/aromatic N) is 1. The Labute approximate surface area is 111 Å². The Kier molecular flexibility index (Phi) is 2.60. The first-order valence-electron chi connectivity index (χ1n) is 5.58. The lowest BCUT2D eigenvalue weighted by Gasteiger charge is -2.25. The summed E-state index contributed by atoms with van der Waals surface area (Å²) in [5, 5.41) is 0.701. The van der Waals surface area contributed by atoms with Gasteiger partial charge in [0.1, 0.15) is 4.83 Å². The molecule has 0 aromatic carbocycles. The smallest absolute Gasteiger partial charge is 0.260 e. The van der Waals surface area contributed by atoms with Crippen LogP contribution in [-0.2, 0) is 17.8 Å². The van der Waals surface area contributed by atoms with Gasteiger partial charge in [0.2, 0.25) is 5.91 Å². The van der Waals surface area contributed by atoms with Crippen LogP contribution in [0.25, 0.3) is 10.2 Å². The summed E-state index contributed by atoms with van der Waals surface area (Å²) in [5.74, 6) is 0.0694. The molecule has 0 bridgehead atoms. The van der Waals surface area contributed by atoms with E-state index in [-0.39, 0.29) is 11.5 Å². The molecule has 94 valence electrons. The minimum absolute atomic E-state index is 0.0694. The molecule has 5 nitrogen and oxygen atoms in total. The van der Waals surface area contributed by atoms with E-state index in [1.165, 1.54) is 11.3 Å². The molecule has 0 fully saturated rings. The summed E-state index contributed by atoms with van der Waals surface area (Å²) in [4.78, 5) is 32.6. The zero-order valence-electron chi connectivity index (χ0n) is 9.70. The monoisotopic (exact) mass is 281 g/mol. The van der Waals surface area contributed by atoms with E-state index >= 15 is 0 Å². The number of carbonyl (C=O) groups excluding carboxylic acids is 1. The molecule has 0 spiro atoms. The maximum atomic E-state index is 11.9. The molecule has 2 aromatic heterocycles. The molecule has 2 aromatic rings. The lowest BCUT2D eigenvalue weighted by molar-refractivity contribution is -0.129. The predicted molar refractivity (Wildman–Crippen MR) is 72.4 cm³/mol. The second-order valence-electron chi connectivity index (χ2n) is 4.31. The molecule has 0 saturated heterocycles. The van der Waals surface area contributed by atoms with Crippen LogP contribution in [0.4, 0.5) is 0 Å². The summed E-state index contributed by atoms with van der Waals surface area (Å²) in [6.07, 6.45) is 0.725. The Balaban J connectivity index is 2.22. The van der Waals surface area contributed by atoms with Gasteiger partial charge in [0.15, 0.2) is 4.77 Å². The molecule has 0 radical (unpaired) electrons. The van der Waals surface area contributed by atoms with Crippen LogP contribution in [-0.4, -0.2) is 27.3 Å². The highest BCUT2D eigenvalue weighted by atomic mass is 32.1. The van der Waals surface area contributed by atoms with Crippen LogP contribution >= 0.6 is 23.6 Å². The third-order valence-electron chi connectivity index (χ3n) is 3.18. The second-order valence-corrected chi connectivity index (χ2v) is 5.82. The number of nitrogens with one attached hydrogen (secondary N) is 2. The fourth-order valence-corrected chi connectivity index (χ4v) is 3.83. The van der Waals surface area contributed by atoms with Gasteiger partial charge in [-0.25, -0.2) is 0 Å². The normalized spacial score (nSPS) is 14.8. The fraction of sp³-hybridized carbons (Fsp3) is 0.364. The Hall–Kier alpha value is -1.47. The molecule has 1 amide bonds. The van der Waals surface area contributed by atoms with Crippen molar-refractivity contribution in [1.82, 2.24) is 14.9 Å². The summed E-state index contributed by atoms with van der Waals surface area (Å²) < 4.78 is 0.342. The van der Waals surface area contributed by atoms with Gasteiger partial charge in [0.25, 0.3) is 5.56 Å². The molecule has 2 N–H and O–H groups in total. The molecule has 0 atom stereocenters. The molecule has 1 aliphatic heterocycles. The number of aromatic amines is 2. The Morgan fingerprint density at radius 2 is 2.22 bits per heavy atom. The second kappa shape index (κ2) is 4.03. The minimum Gasteiger partial charge on any atom is -0.337 e. The van der Waals surface area contributed by atoms with Gasteiger partial charge in [0, 0.05) is 18.3 Å². The molecule has 0 unspecified atom stereocenters. The van der Waals surface area contributed by atoms with Gasteiger partial charge in [-0.2, -0.15) is 0 Å². The third kappa shape index (κ3) is 1.70. The first-order valence-corrected chi connectivity index (χ1v) is 6.81. The van der Waals surface area contributed by atoms with Crippen molar-refractivity contribution in [1.29, 1.82) is 0 Å². The first kappa shape index (κ1) is 11.6. The van der Waals surface area contributed by atoms with Crippen molar-refractivity contribution in [2.75, 3.05) is 6.54 Å². The molecular formula is C11H11N3O2S2. The molecule has 3 rings (SSSR count). The number of carbonyl (C=O) groups is 1. The van der Waals surface area contributed by atoms with Crippen LogP contribution in [0.15, 0.2) is 4.79 Å². The zero-order valence-corrected chi connectivity index (χ0v) is 11.3. The van der Waals surface area contributed by atoms with Crippen molar-refractivity contribution in [2.24, 2.45) is 0 Å². The summed E-state index contributed by atoms with van der Waals surface area (Å²) >= 11 is 6.48. The molecule has 7 heteroatoms.